The summed E-state index contributed by atoms with van der Waals surface area (Å²) in [5, 5.41) is 0. The van der Waals surface area contributed by atoms with Crippen LogP contribution in [0.25, 0.3) is 0 Å². The van der Waals surface area contributed by atoms with Gasteiger partial charge in [-0.25, -0.2) is 0 Å². The van der Waals surface area contributed by atoms with Crippen LogP contribution < -0.4 is 0 Å². The topological polar surface area (TPSA) is 0 Å². The summed E-state index contributed by atoms with van der Waals surface area (Å²) in [4.78, 5) is 0. The van der Waals surface area contributed by atoms with Gasteiger partial charge in [-0.3, -0.25) is 0 Å². The van der Waals surface area contributed by atoms with Crippen molar-refractivity contribution in [3.05, 3.63) is 34.4 Å². The first-order valence-corrected chi connectivity index (χ1v) is 21.6. The molecule has 0 radical (unpaired) electrons. The largest absolute Gasteiger partial charge is 0.0579 e. The van der Waals surface area contributed by atoms with Gasteiger partial charge in [-0.15, -0.1) is 0 Å². The zero-order chi connectivity index (χ0) is 29.6. The van der Waals surface area contributed by atoms with Crippen molar-refractivity contribution in [2.75, 3.05) is 0 Å². The fourth-order valence-corrected chi connectivity index (χ4v) is 20.3. The first kappa shape index (κ1) is 27.0. The van der Waals surface area contributed by atoms with Crippen LogP contribution in [0.5, 0.6) is 0 Å². The van der Waals surface area contributed by atoms with E-state index in [0.29, 0.717) is 21.7 Å². The summed E-state index contributed by atoms with van der Waals surface area (Å²) in [6.07, 6.45) is 38.3. The second kappa shape index (κ2) is 8.74. The lowest BCUT2D eigenvalue weighted by atomic mass is 9.40. The van der Waals surface area contributed by atoms with Crippen LogP contribution in [0.3, 0.4) is 0 Å². The highest BCUT2D eigenvalue weighted by Gasteiger charge is 2.62. The van der Waals surface area contributed by atoms with Crippen molar-refractivity contribution < 1.29 is 0 Å². The summed E-state index contributed by atoms with van der Waals surface area (Å²) in [6, 6.07) is 6.00. The molecule has 16 bridgehead atoms. The molecule has 1 aromatic rings. The Hall–Kier alpha value is -0.780. The van der Waals surface area contributed by atoms with Gasteiger partial charge in [-0.2, -0.15) is 0 Å². The van der Waals surface area contributed by atoms with Crippen LogP contribution in [-0.2, 0) is 21.7 Å². The highest BCUT2D eigenvalue weighted by molar-refractivity contribution is 5.57. The van der Waals surface area contributed by atoms with Gasteiger partial charge in [0.05, 0.1) is 0 Å². The summed E-state index contributed by atoms with van der Waals surface area (Å²) in [5.74, 6) is 12.7. The molecule has 0 nitrogen and oxygen atoms in total. The van der Waals surface area contributed by atoms with Crippen molar-refractivity contribution in [3.8, 4) is 0 Å². The summed E-state index contributed by atoms with van der Waals surface area (Å²) in [5.41, 5.74) is 10.7. The van der Waals surface area contributed by atoms with E-state index >= 15 is 0 Å². The van der Waals surface area contributed by atoms with Crippen molar-refractivity contribution in [3.63, 3.8) is 0 Å². The van der Waals surface area contributed by atoms with E-state index in [0.717, 1.165) is 71.0 Å². The van der Waals surface area contributed by atoms with Gasteiger partial charge in [0.15, 0.2) is 0 Å². The van der Waals surface area contributed by atoms with Crippen molar-refractivity contribution in [1.29, 1.82) is 0 Å². The molecule has 0 aliphatic heterocycles. The minimum atomic E-state index is 0.546. The molecule has 16 fully saturated rings. The summed E-state index contributed by atoms with van der Waals surface area (Å²) in [7, 11) is 0. The molecular weight excluding hydrogens is 553 g/mol. The van der Waals surface area contributed by atoms with Gasteiger partial charge in [0, 0.05) is 0 Å². The average Bonchev–Trinajstić information content (AvgIpc) is 2.98. The average molecular weight is 615 g/mol. The first-order valence-electron chi connectivity index (χ1n) is 21.6. The van der Waals surface area contributed by atoms with E-state index in [9.17, 15) is 0 Å². The predicted molar refractivity (Wildman–Crippen MR) is 186 cm³/mol. The number of rotatable bonds is 4. The molecule has 0 aromatic heterocycles. The Morgan fingerprint density at radius 3 is 0.630 bits per heavy atom. The Labute approximate surface area is 280 Å². The first-order chi connectivity index (χ1) is 22.4. The second-order valence-electron chi connectivity index (χ2n) is 22.7. The lowest BCUT2D eigenvalue weighted by Crippen LogP contribution is -2.56. The Kier molecular flexibility index (Phi) is 5.13. The minimum Gasteiger partial charge on any atom is -0.0579 e. The Balaban J connectivity index is 1.10. The maximum absolute atomic E-state index is 3.00. The van der Waals surface area contributed by atoms with Crippen LogP contribution >= 0.6 is 0 Å². The minimum absolute atomic E-state index is 0.546. The smallest absolute Gasteiger partial charge is 0.00331 e. The van der Waals surface area contributed by atoms with Gasteiger partial charge >= 0.3 is 0 Å². The fourth-order valence-electron chi connectivity index (χ4n) is 20.3. The van der Waals surface area contributed by atoms with Crippen molar-refractivity contribution in [1.82, 2.24) is 0 Å². The number of hydrogen-bond donors (Lipinski definition) is 0. The van der Waals surface area contributed by atoms with Crippen molar-refractivity contribution in [2.45, 2.75) is 176 Å². The third-order valence-electron chi connectivity index (χ3n) is 19.6. The molecule has 246 valence electrons. The maximum atomic E-state index is 3.00. The van der Waals surface area contributed by atoms with E-state index in [-0.39, 0.29) is 0 Å². The van der Waals surface area contributed by atoms with Crippen LogP contribution in [0.15, 0.2) is 12.1 Å². The third-order valence-corrected chi connectivity index (χ3v) is 19.6. The Morgan fingerprint density at radius 2 is 0.435 bits per heavy atom. The van der Waals surface area contributed by atoms with Gasteiger partial charge in [0.25, 0.3) is 0 Å². The second-order valence-corrected chi connectivity index (χ2v) is 22.7. The van der Waals surface area contributed by atoms with E-state index in [1.807, 2.05) is 0 Å². The SMILES string of the molecule is c1cc(C23CC4CC(CC(C4)C2)C3)c(C23CC4CC(CC(C4)C2)C3)c(C23CC4CC(CC(C4)C2)C3)c1C12CC3CC(CC(C3)C1)C2. The van der Waals surface area contributed by atoms with E-state index in [4.69, 9.17) is 0 Å². The molecular formula is C46H62. The van der Waals surface area contributed by atoms with E-state index in [1.54, 1.807) is 154 Å². The lowest BCUT2D eigenvalue weighted by molar-refractivity contribution is -0.0288. The van der Waals surface area contributed by atoms with Gasteiger partial charge in [-0.05, 0) is 269 Å². The summed E-state index contributed by atoms with van der Waals surface area (Å²) in [6.45, 7) is 0. The van der Waals surface area contributed by atoms with E-state index < -0.39 is 0 Å². The van der Waals surface area contributed by atoms with Gasteiger partial charge in [0.2, 0.25) is 0 Å². The molecule has 1 aromatic carbocycles. The summed E-state index contributed by atoms with van der Waals surface area (Å²) >= 11 is 0. The molecule has 0 saturated heterocycles. The van der Waals surface area contributed by atoms with Crippen LogP contribution in [-0.4, -0.2) is 0 Å². The highest BCUT2D eigenvalue weighted by Crippen LogP contribution is 2.71. The summed E-state index contributed by atoms with van der Waals surface area (Å²) < 4.78 is 0. The maximum Gasteiger partial charge on any atom is -0.00331 e. The molecule has 0 unspecified atom stereocenters. The van der Waals surface area contributed by atoms with Crippen molar-refractivity contribution in [2.24, 2.45) is 71.0 Å². The third kappa shape index (κ3) is 3.51. The molecule has 0 amide bonds. The van der Waals surface area contributed by atoms with Crippen LogP contribution in [0.2, 0.25) is 0 Å². The van der Waals surface area contributed by atoms with Gasteiger partial charge in [-0.1, -0.05) is 12.1 Å². The number of benzene rings is 1. The standard InChI is InChI=1S/C46H62/c1-2-40(44-18-30-6-31(19-44)8-32(7-30)20-44)42(46-24-36-12-37(25-46)14-38(13-36)26-46)41(45-21-33-9-34(22-45)11-35(10-33)23-45)39(1)43-15-27-3-28(16-43)5-29(4-27)17-43/h1-2,27-38H,3-26H2. The fraction of sp³-hybridized carbons (Fsp3) is 0.870. The highest BCUT2D eigenvalue weighted by atomic mass is 14.7. The predicted octanol–water partition coefficient (Wildman–Crippen LogP) is 11.6. The van der Waals surface area contributed by atoms with Crippen LogP contribution in [0, 0.1) is 71.0 Å². The normalized spacial score (nSPS) is 59.3. The molecule has 0 spiro atoms. The zero-order valence-corrected chi connectivity index (χ0v) is 29.1. The lowest BCUT2D eigenvalue weighted by Gasteiger charge is -2.65. The van der Waals surface area contributed by atoms with Crippen molar-refractivity contribution >= 4 is 0 Å². The number of hydrogen-bond acceptors (Lipinski definition) is 0. The molecule has 16 aliphatic carbocycles. The molecule has 0 heterocycles. The van der Waals surface area contributed by atoms with E-state index in [2.05, 4.69) is 34.4 Å². The quantitative estimate of drug-likeness (QED) is 0.316. The van der Waals surface area contributed by atoms with Gasteiger partial charge < -0.3 is 0 Å². The Morgan fingerprint density at radius 1 is 0.261 bits per heavy atom. The molecule has 0 heteroatoms. The molecule has 0 N–H and O–H groups in total. The molecule has 16 saturated carbocycles. The molecule has 0 atom stereocenters. The van der Waals surface area contributed by atoms with Gasteiger partial charge in [0.1, 0.15) is 0 Å². The zero-order valence-electron chi connectivity index (χ0n) is 29.1. The Bertz CT molecular complexity index is 1230. The molecule has 16 aliphatic rings. The van der Waals surface area contributed by atoms with E-state index in [1.165, 1.54) is 0 Å². The monoisotopic (exact) mass is 614 g/mol. The molecule has 17 rings (SSSR count). The van der Waals surface area contributed by atoms with Crippen LogP contribution in [0.4, 0.5) is 0 Å². The van der Waals surface area contributed by atoms with Crippen LogP contribution in [0.1, 0.15) is 176 Å². The molecule has 46 heavy (non-hydrogen) atoms.